The van der Waals surface area contributed by atoms with Crippen molar-refractivity contribution >= 4 is 38.0 Å². The number of aliphatic hydroxyl groups is 1. The highest BCUT2D eigenvalue weighted by molar-refractivity contribution is 6.12. The van der Waals surface area contributed by atoms with Crippen LogP contribution in [0, 0.1) is 0 Å². The molecule has 0 spiro atoms. The van der Waals surface area contributed by atoms with Crippen molar-refractivity contribution in [3.05, 3.63) is 144 Å². The maximum absolute atomic E-state index is 5.22. The van der Waals surface area contributed by atoms with Crippen LogP contribution in [0.15, 0.2) is 127 Å². The Kier molecular flexibility index (Phi) is 4.83. The molecule has 2 heteroatoms. The Morgan fingerprint density at radius 3 is 2.21 bits per heavy atom. The normalized spacial score (nSPS) is 16.4. The summed E-state index contributed by atoms with van der Waals surface area (Å²) in [6.45, 7) is 4.76. The molecule has 0 aromatic heterocycles. The van der Waals surface area contributed by atoms with Gasteiger partial charge in [-0.1, -0.05) is 105 Å². The van der Waals surface area contributed by atoms with Crippen LogP contribution < -0.4 is 5.32 Å². The van der Waals surface area contributed by atoms with Crippen LogP contribution in [0.3, 0.4) is 0 Å². The zero-order valence-corrected chi connectivity index (χ0v) is 23.7. The molecule has 9 rings (SSSR count). The van der Waals surface area contributed by atoms with E-state index in [9.17, 15) is 0 Å². The van der Waals surface area contributed by atoms with Crippen molar-refractivity contribution in [2.24, 2.45) is 0 Å². The molecule has 2 aliphatic rings. The van der Waals surface area contributed by atoms with Gasteiger partial charge in [0.05, 0.1) is 5.39 Å². The minimum atomic E-state index is -0.0670. The zero-order valence-electron chi connectivity index (χ0n) is 23.7. The van der Waals surface area contributed by atoms with Gasteiger partial charge in [0.15, 0.2) is 0 Å². The van der Waals surface area contributed by atoms with Gasteiger partial charge in [0.2, 0.25) is 5.69 Å². The van der Waals surface area contributed by atoms with Crippen molar-refractivity contribution in [3.8, 4) is 28.0 Å². The van der Waals surface area contributed by atoms with Crippen LogP contribution in [0.1, 0.15) is 36.8 Å². The lowest BCUT2D eigenvalue weighted by molar-refractivity contribution is -0.657. The van der Waals surface area contributed by atoms with Crippen molar-refractivity contribution in [1.82, 2.24) is 0 Å². The summed E-state index contributed by atoms with van der Waals surface area (Å²) in [7, 11) is 0. The Morgan fingerprint density at radius 2 is 1.31 bits per heavy atom. The molecule has 2 nitrogen and oxygen atoms in total. The van der Waals surface area contributed by atoms with Gasteiger partial charge in [0, 0.05) is 11.5 Å². The highest BCUT2D eigenvalue weighted by atomic mass is 16.5. The molecule has 1 unspecified atom stereocenters. The lowest BCUT2D eigenvalue weighted by atomic mass is 9.79. The summed E-state index contributed by atoms with van der Waals surface area (Å²) in [6, 6.07) is 47.0. The Bertz CT molecular complexity index is 2230. The molecular formula is C40H31NO+2. The first-order valence-corrected chi connectivity index (χ1v) is 14.8. The van der Waals surface area contributed by atoms with E-state index in [-0.39, 0.29) is 11.6 Å². The lowest BCUT2D eigenvalue weighted by Gasteiger charge is -2.23. The fraction of sp³-hybridized carbons (Fsp3) is 0.100. The fourth-order valence-electron chi connectivity index (χ4n) is 7.55. The average Bonchev–Trinajstić information content (AvgIpc) is 3.58. The highest BCUT2D eigenvalue weighted by Crippen LogP contribution is 2.52. The molecule has 1 heterocycles. The number of nitrogens with two attached hydrogens (primary N) is 1. The molecule has 7 aromatic rings. The lowest BCUT2D eigenvalue weighted by Crippen LogP contribution is -2.77. The summed E-state index contributed by atoms with van der Waals surface area (Å²) in [4.78, 5) is 0. The number of quaternary nitrogens is 1. The van der Waals surface area contributed by atoms with Crippen LogP contribution in [0.25, 0.3) is 54.6 Å². The van der Waals surface area contributed by atoms with Crippen LogP contribution in [0.2, 0.25) is 0 Å². The number of rotatable bonds is 2. The molecule has 3 N–H and O–H groups in total. The van der Waals surface area contributed by atoms with Crippen molar-refractivity contribution in [2.75, 3.05) is 0 Å². The summed E-state index contributed by atoms with van der Waals surface area (Å²) in [5.41, 5.74) is 10.5. The smallest absolute Gasteiger partial charge is 0.344 e. The van der Waals surface area contributed by atoms with Gasteiger partial charge in [0.25, 0.3) is 0 Å². The molecule has 1 atom stereocenters. The van der Waals surface area contributed by atoms with E-state index < -0.39 is 0 Å². The van der Waals surface area contributed by atoms with Gasteiger partial charge in [-0.25, -0.2) is 5.32 Å². The quantitative estimate of drug-likeness (QED) is 0.0978. The van der Waals surface area contributed by atoms with Gasteiger partial charge in [-0.15, -0.1) is 0 Å². The summed E-state index contributed by atoms with van der Waals surface area (Å²) >= 11 is 0. The summed E-state index contributed by atoms with van der Waals surface area (Å²) < 4.78 is 5.22. The molecule has 0 fully saturated rings. The standard InChI is InChI=1S/C40H29NO/c1-40(2)34-23-28(16-19-32(34)33-20-14-24-8-6-7-11-31(24)37(33)40)27-15-18-30-29(22-27)13-12-25-17-21-35-38(36(25)30)42-39(41-35)26-9-4-3-5-10-26/h3-23,39,41H,1-2H3/p+2. The average molecular weight is 542 g/mol. The van der Waals surface area contributed by atoms with Crippen molar-refractivity contribution < 1.29 is 10.1 Å². The van der Waals surface area contributed by atoms with Gasteiger partial charge >= 0.3 is 12.0 Å². The molecule has 0 saturated carbocycles. The van der Waals surface area contributed by atoms with E-state index in [0.717, 1.165) is 5.75 Å². The van der Waals surface area contributed by atoms with E-state index in [0.29, 0.717) is 0 Å². The maximum atomic E-state index is 5.22. The molecule has 200 valence electrons. The summed E-state index contributed by atoms with van der Waals surface area (Å²) in [5, 5.41) is 9.98. The molecule has 0 radical (unpaired) electrons. The highest BCUT2D eigenvalue weighted by Gasteiger charge is 2.37. The molecular weight excluding hydrogens is 510 g/mol. The van der Waals surface area contributed by atoms with Crippen LogP contribution in [0.4, 0.5) is 5.69 Å². The second kappa shape index (κ2) is 8.55. The number of fused-ring (bicyclic) bond motifs is 10. The van der Waals surface area contributed by atoms with Gasteiger partial charge < -0.3 is 4.74 Å². The van der Waals surface area contributed by atoms with E-state index in [1.54, 1.807) is 0 Å². The SMILES string of the molecule is CC1(C)c2cc(-c3ccc4c(ccc5ccc6c(c54)[OH+]C(c4ccccc4)[NH2+]6)c3)ccc2-c2ccc3ccccc3c21. The molecule has 0 bridgehead atoms. The van der Waals surface area contributed by atoms with Gasteiger partial charge in [-0.05, 0) is 90.6 Å². The fourth-order valence-corrected chi connectivity index (χ4v) is 7.55. The van der Waals surface area contributed by atoms with Gasteiger partial charge in [-0.3, -0.25) is 0 Å². The van der Waals surface area contributed by atoms with Crippen molar-refractivity contribution in [3.63, 3.8) is 0 Å². The first kappa shape index (κ1) is 23.8. The predicted molar refractivity (Wildman–Crippen MR) is 174 cm³/mol. The topological polar surface area (TPSA) is 29.4 Å². The molecule has 0 saturated heterocycles. The Hall–Kier alpha value is -4.92. The van der Waals surface area contributed by atoms with Crippen LogP contribution in [-0.2, 0) is 5.41 Å². The summed E-state index contributed by atoms with van der Waals surface area (Å²) in [5.74, 6) is 1.11. The molecule has 1 aliphatic heterocycles. The number of hydrogen-bond donors (Lipinski definition) is 1. The van der Waals surface area contributed by atoms with Crippen molar-refractivity contribution in [1.29, 1.82) is 0 Å². The molecule has 0 amide bonds. The van der Waals surface area contributed by atoms with E-state index in [4.69, 9.17) is 4.74 Å². The first-order chi connectivity index (χ1) is 20.6. The zero-order chi connectivity index (χ0) is 28.0. The second-order valence-corrected chi connectivity index (χ2v) is 12.3. The van der Waals surface area contributed by atoms with E-state index in [1.165, 1.54) is 76.9 Å². The first-order valence-electron chi connectivity index (χ1n) is 14.8. The van der Waals surface area contributed by atoms with Crippen LogP contribution >= 0.6 is 0 Å². The van der Waals surface area contributed by atoms with E-state index >= 15 is 0 Å². The largest absolute Gasteiger partial charge is 0.531 e. The number of ether oxygens (including phenoxy) is 1. The van der Waals surface area contributed by atoms with Crippen molar-refractivity contribution in [2.45, 2.75) is 25.5 Å². The summed E-state index contributed by atoms with van der Waals surface area (Å²) in [6.07, 6.45) is 0.0670. The minimum absolute atomic E-state index is 0.0670. The number of hydrogen-bond acceptors (Lipinski definition) is 0. The Labute approximate surface area is 245 Å². The third kappa shape index (κ3) is 3.30. The van der Waals surface area contributed by atoms with E-state index in [1.807, 2.05) is 0 Å². The van der Waals surface area contributed by atoms with Crippen LogP contribution in [0.5, 0.6) is 5.75 Å². The Balaban J connectivity index is 1.15. The van der Waals surface area contributed by atoms with Crippen LogP contribution in [-0.4, -0.2) is 4.74 Å². The Morgan fingerprint density at radius 1 is 0.595 bits per heavy atom. The molecule has 1 aliphatic carbocycles. The second-order valence-electron chi connectivity index (χ2n) is 12.3. The predicted octanol–water partition coefficient (Wildman–Crippen LogP) is 9.27. The third-order valence-electron chi connectivity index (χ3n) is 9.62. The van der Waals surface area contributed by atoms with Gasteiger partial charge in [0.1, 0.15) is 5.56 Å². The van der Waals surface area contributed by atoms with Gasteiger partial charge in [-0.2, -0.15) is 0 Å². The number of benzene rings is 7. The third-order valence-corrected chi connectivity index (χ3v) is 9.62. The monoisotopic (exact) mass is 541 g/mol. The minimum Gasteiger partial charge on any atom is -0.531 e. The maximum Gasteiger partial charge on any atom is 0.344 e. The van der Waals surface area contributed by atoms with E-state index in [2.05, 4.69) is 147 Å². The number of aromatic hydroxyl groups is 1. The molecule has 42 heavy (non-hydrogen) atoms. The molecule has 7 aromatic carbocycles.